The molecule has 0 aliphatic carbocycles. The van der Waals surface area contributed by atoms with Crippen LogP contribution < -0.4 is 10.5 Å². The van der Waals surface area contributed by atoms with E-state index < -0.39 is 0 Å². The first-order valence-electron chi connectivity index (χ1n) is 7.91. The van der Waals surface area contributed by atoms with Gasteiger partial charge in [0.2, 0.25) is 0 Å². The Bertz CT molecular complexity index is 859. The SMILES string of the molecule is Cc1ccc(Oc2ccc3cc(C(C)(C)N)ccc3c2)cc1C. The summed E-state index contributed by atoms with van der Waals surface area (Å²) in [4.78, 5) is 0. The molecule has 0 bridgehead atoms. The highest BCUT2D eigenvalue weighted by Crippen LogP contribution is 2.29. The Labute approximate surface area is 137 Å². The summed E-state index contributed by atoms with van der Waals surface area (Å²) in [6, 6.07) is 18.7. The lowest BCUT2D eigenvalue weighted by Gasteiger charge is -2.19. The molecular formula is C21H23NO. The third-order valence-electron chi connectivity index (χ3n) is 4.27. The summed E-state index contributed by atoms with van der Waals surface area (Å²) in [5.74, 6) is 1.72. The average molecular weight is 305 g/mol. The molecular weight excluding hydrogens is 282 g/mol. The number of rotatable bonds is 3. The van der Waals surface area contributed by atoms with Gasteiger partial charge in [-0.15, -0.1) is 0 Å². The fourth-order valence-electron chi connectivity index (χ4n) is 2.60. The van der Waals surface area contributed by atoms with Crippen LogP contribution in [0.3, 0.4) is 0 Å². The highest BCUT2D eigenvalue weighted by Gasteiger charge is 2.14. The lowest BCUT2D eigenvalue weighted by atomic mass is 9.93. The smallest absolute Gasteiger partial charge is 0.128 e. The Balaban J connectivity index is 1.92. The first-order chi connectivity index (χ1) is 10.8. The summed E-state index contributed by atoms with van der Waals surface area (Å²) in [6.07, 6.45) is 0. The quantitative estimate of drug-likeness (QED) is 0.699. The van der Waals surface area contributed by atoms with Gasteiger partial charge in [-0.05, 0) is 85.5 Å². The van der Waals surface area contributed by atoms with Crippen molar-refractivity contribution in [1.82, 2.24) is 0 Å². The van der Waals surface area contributed by atoms with E-state index >= 15 is 0 Å². The van der Waals surface area contributed by atoms with Gasteiger partial charge in [-0.25, -0.2) is 0 Å². The first kappa shape index (κ1) is 15.6. The highest BCUT2D eigenvalue weighted by atomic mass is 16.5. The summed E-state index contributed by atoms with van der Waals surface area (Å²) >= 11 is 0. The average Bonchev–Trinajstić information content (AvgIpc) is 2.49. The van der Waals surface area contributed by atoms with Crippen LogP contribution in [0.1, 0.15) is 30.5 Å². The summed E-state index contributed by atoms with van der Waals surface area (Å²) < 4.78 is 6.00. The number of hydrogen-bond donors (Lipinski definition) is 1. The molecule has 0 aromatic heterocycles. The van der Waals surface area contributed by atoms with Gasteiger partial charge in [0.1, 0.15) is 11.5 Å². The Hall–Kier alpha value is -2.32. The van der Waals surface area contributed by atoms with Gasteiger partial charge in [0, 0.05) is 5.54 Å². The molecule has 0 saturated heterocycles. The zero-order valence-electron chi connectivity index (χ0n) is 14.2. The van der Waals surface area contributed by atoms with Crippen molar-refractivity contribution in [1.29, 1.82) is 0 Å². The summed E-state index contributed by atoms with van der Waals surface area (Å²) in [7, 11) is 0. The van der Waals surface area contributed by atoms with E-state index in [2.05, 4.69) is 56.3 Å². The van der Waals surface area contributed by atoms with E-state index in [0.29, 0.717) is 0 Å². The molecule has 2 N–H and O–H groups in total. The van der Waals surface area contributed by atoms with Gasteiger partial charge >= 0.3 is 0 Å². The Morgan fingerprint density at radius 3 is 2.04 bits per heavy atom. The molecule has 23 heavy (non-hydrogen) atoms. The van der Waals surface area contributed by atoms with E-state index in [1.54, 1.807) is 0 Å². The van der Waals surface area contributed by atoms with Crippen molar-refractivity contribution in [2.75, 3.05) is 0 Å². The lowest BCUT2D eigenvalue weighted by Crippen LogP contribution is -2.28. The molecule has 0 aliphatic rings. The molecule has 0 saturated carbocycles. The predicted octanol–water partition coefficient (Wildman–Crippen LogP) is 5.44. The number of nitrogens with two attached hydrogens (primary N) is 1. The molecule has 0 amide bonds. The van der Waals surface area contributed by atoms with Crippen molar-refractivity contribution in [3.8, 4) is 11.5 Å². The fourth-order valence-corrected chi connectivity index (χ4v) is 2.60. The van der Waals surface area contributed by atoms with Crippen molar-refractivity contribution in [2.45, 2.75) is 33.2 Å². The molecule has 118 valence electrons. The van der Waals surface area contributed by atoms with Crippen LogP contribution in [0.25, 0.3) is 10.8 Å². The molecule has 0 fully saturated rings. The zero-order valence-corrected chi connectivity index (χ0v) is 14.2. The Kier molecular flexibility index (Phi) is 3.87. The molecule has 0 radical (unpaired) electrons. The van der Waals surface area contributed by atoms with Crippen LogP contribution >= 0.6 is 0 Å². The van der Waals surface area contributed by atoms with Crippen molar-refractivity contribution in [3.63, 3.8) is 0 Å². The van der Waals surface area contributed by atoms with Crippen LogP contribution in [0.2, 0.25) is 0 Å². The minimum atomic E-state index is -0.331. The van der Waals surface area contributed by atoms with Crippen molar-refractivity contribution >= 4 is 10.8 Å². The minimum absolute atomic E-state index is 0.331. The predicted molar refractivity (Wildman–Crippen MR) is 97.2 cm³/mol. The molecule has 3 aromatic rings. The third-order valence-corrected chi connectivity index (χ3v) is 4.27. The van der Waals surface area contributed by atoms with Crippen LogP contribution in [-0.2, 0) is 5.54 Å². The maximum absolute atomic E-state index is 6.18. The molecule has 3 rings (SSSR count). The maximum atomic E-state index is 6.18. The second-order valence-corrected chi connectivity index (χ2v) is 6.79. The van der Waals surface area contributed by atoms with E-state index in [0.717, 1.165) is 22.4 Å². The maximum Gasteiger partial charge on any atom is 0.128 e. The summed E-state index contributed by atoms with van der Waals surface area (Å²) in [5.41, 5.74) is 9.49. The van der Waals surface area contributed by atoms with E-state index in [9.17, 15) is 0 Å². The van der Waals surface area contributed by atoms with Gasteiger partial charge in [0.25, 0.3) is 0 Å². The number of fused-ring (bicyclic) bond motifs is 1. The zero-order chi connectivity index (χ0) is 16.6. The minimum Gasteiger partial charge on any atom is -0.457 e. The van der Waals surface area contributed by atoms with Gasteiger partial charge < -0.3 is 10.5 Å². The van der Waals surface area contributed by atoms with Gasteiger partial charge in [-0.1, -0.05) is 24.3 Å². The van der Waals surface area contributed by atoms with E-state index in [1.165, 1.54) is 16.5 Å². The second kappa shape index (κ2) is 5.71. The lowest BCUT2D eigenvalue weighted by molar-refractivity contribution is 0.483. The molecule has 2 heteroatoms. The van der Waals surface area contributed by atoms with Crippen molar-refractivity contribution in [2.24, 2.45) is 5.73 Å². The molecule has 0 atom stereocenters. The topological polar surface area (TPSA) is 35.2 Å². The number of ether oxygens (including phenoxy) is 1. The van der Waals surface area contributed by atoms with Crippen LogP contribution in [0.4, 0.5) is 0 Å². The summed E-state index contributed by atoms with van der Waals surface area (Å²) in [6.45, 7) is 8.24. The highest BCUT2D eigenvalue weighted by molar-refractivity contribution is 5.84. The van der Waals surface area contributed by atoms with E-state index in [-0.39, 0.29) is 5.54 Å². The fraction of sp³-hybridized carbons (Fsp3) is 0.238. The van der Waals surface area contributed by atoms with E-state index in [4.69, 9.17) is 10.5 Å². The first-order valence-corrected chi connectivity index (χ1v) is 7.91. The van der Waals surface area contributed by atoms with Crippen molar-refractivity contribution in [3.05, 3.63) is 71.3 Å². The second-order valence-electron chi connectivity index (χ2n) is 6.79. The van der Waals surface area contributed by atoms with Gasteiger partial charge in [-0.3, -0.25) is 0 Å². The normalized spacial score (nSPS) is 11.7. The van der Waals surface area contributed by atoms with Crippen LogP contribution in [-0.4, -0.2) is 0 Å². The standard InChI is InChI=1S/C21H23NO/c1-14-5-9-19(11-15(14)2)23-20-10-7-16-12-18(21(3,4)22)8-6-17(16)13-20/h5-13H,22H2,1-4H3. The largest absolute Gasteiger partial charge is 0.457 e. The van der Waals surface area contributed by atoms with Crippen molar-refractivity contribution < 1.29 is 4.74 Å². The molecule has 0 spiro atoms. The number of benzene rings is 3. The van der Waals surface area contributed by atoms with Crippen LogP contribution in [0, 0.1) is 13.8 Å². The molecule has 0 unspecified atom stereocenters. The number of aryl methyl sites for hydroxylation is 2. The van der Waals surface area contributed by atoms with E-state index in [1.807, 2.05) is 26.0 Å². The molecule has 0 aliphatic heterocycles. The van der Waals surface area contributed by atoms with Gasteiger partial charge in [-0.2, -0.15) is 0 Å². The molecule has 3 aromatic carbocycles. The Morgan fingerprint density at radius 1 is 0.739 bits per heavy atom. The Morgan fingerprint density at radius 2 is 1.35 bits per heavy atom. The van der Waals surface area contributed by atoms with Gasteiger partial charge in [0.15, 0.2) is 0 Å². The van der Waals surface area contributed by atoms with Crippen LogP contribution in [0.5, 0.6) is 11.5 Å². The summed E-state index contributed by atoms with van der Waals surface area (Å²) in [5, 5.41) is 2.33. The third kappa shape index (κ3) is 3.38. The van der Waals surface area contributed by atoms with Crippen LogP contribution in [0.15, 0.2) is 54.6 Å². The monoisotopic (exact) mass is 305 g/mol. The molecule has 2 nitrogen and oxygen atoms in total. The number of hydrogen-bond acceptors (Lipinski definition) is 2. The molecule has 0 heterocycles. The van der Waals surface area contributed by atoms with Gasteiger partial charge in [0.05, 0.1) is 0 Å².